The summed E-state index contributed by atoms with van der Waals surface area (Å²) in [7, 11) is 0. The van der Waals surface area contributed by atoms with E-state index in [0.29, 0.717) is 5.56 Å². The van der Waals surface area contributed by atoms with Gasteiger partial charge in [-0.3, -0.25) is 9.88 Å². The second-order valence-corrected chi connectivity index (χ2v) is 4.21. The summed E-state index contributed by atoms with van der Waals surface area (Å²) in [5.74, 6) is -0.169. The minimum absolute atomic E-state index is 0.169. The molecular weight excluding hydrogens is 203 g/mol. The van der Waals surface area contributed by atoms with Crippen LogP contribution in [0.25, 0.3) is 11.4 Å². The van der Waals surface area contributed by atoms with E-state index in [2.05, 4.69) is 16.0 Å². The van der Waals surface area contributed by atoms with Gasteiger partial charge in [0.15, 0.2) is 0 Å². The fourth-order valence-electron chi connectivity index (χ4n) is 2.06. The van der Waals surface area contributed by atoms with Gasteiger partial charge < -0.3 is 0 Å². The third kappa shape index (κ3) is 1.57. The molecular formula is C13H13FN2. The first-order chi connectivity index (χ1) is 7.84. The molecule has 1 aromatic heterocycles. The molecule has 1 saturated heterocycles. The van der Waals surface area contributed by atoms with Crippen molar-refractivity contribution in [2.24, 2.45) is 0 Å². The quantitative estimate of drug-likeness (QED) is 0.755. The summed E-state index contributed by atoms with van der Waals surface area (Å²) in [6.07, 6.45) is 6.64. The third-order valence-corrected chi connectivity index (χ3v) is 3.14. The Morgan fingerprint density at radius 3 is 3.06 bits per heavy atom. The van der Waals surface area contributed by atoms with E-state index in [9.17, 15) is 4.39 Å². The van der Waals surface area contributed by atoms with Crippen LogP contribution in [0.5, 0.6) is 0 Å². The Bertz CT molecular complexity index is 473. The summed E-state index contributed by atoms with van der Waals surface area (Å²) < 4.78 is 13.6. The van der Waals surface area contributed by atoms with Gasteiger partial charge >= 0.3 is 0 Å². The van der Waals surface area contributed by atoms with Gasteiger partial charge in [-0.2, -0.15) is 0 Å². The van der Waals surface area contributed by atoms with Crippen molar-refractivity contribution < 1.29 is 4.39 Å². The van der Waals surface area contributed by atoms with Crippen LogP contribution in [0.1, 0.15) is 17.7 Å². The molecule has 0 saturated carbocycles. The van der Waals surface area contributed by atoms with Crippen LogP contribution < -0.4 is 0 Å². The minimum atomic E-state index is -0.169. The molecule has 0 aromatic carbocycles. The fraction of sp³-hybridized carbons (Fsp3) is 0.308. The Labute approximate surface area is 94.1 Å². The number of allylic oxidation sites excluding steroid dienone is 2. The van der Waals surface area contributed by atoms with Crippen LogP contribution in [0.2, 0.25) is 0 Å². The third-order valence-electron chi connectivity index (χ3n) is 3.14. The highest BCUT2D eigenvalue weighted by atomic mass is 19.1. The van der Waals surface area contributed by atoms with Gasteiger partial charge in [-0.05, 0) is 37.7 Å². The molecule has 0 unspecified atom stereocenters. The maximum Gasteiger partial charge on any atom is 0.133 e. The van der Waals surface area contributed by atoms with Crippen molar-refractivity contribution in [1.82, 2.24) is 9.88 Å². The standard InChI is InChI=1S/C13H13FN2/c14-12-9-10(4-8-16-6-2-7-16)13-11(12)3-1-5-15-13/h1,3-5,9H,2,6-8H2/b10-4+. The molecule has 3 heteroatoms. The van der Waals surface area contributed by atoms with Crippen molar-refractivity contribution in [3.05, 3.63) is 41.7 Å². The average Bonchev–Trinajstić information content (AvgIpc) is 2.55. The zero-order chi connectivity index (χ0) is 11.0. The molecule has 1 aromatic rings. The summed E-state index contributed by atoms with van der Waals surface area (Å²) in [6, 6.07) is 3.54. The maximum atomic E-state index is 13.6. The number of rotatable bonds is 2. The fourth-order valence-corrected chi connectivity index (χ4v) is 2.06. The van der Waals surface area contributed by atoms with Crippen molar-refractivity contribution in [1.29, 1.82) is 0 Å². The number of hydrogen-bond donors (Lipinski definition) is 0. The lowest BCUT2D eigenvalue weighted by molar-refractivity contribution is 0.203. The van der Waals surface area contributed by atoms with Crippen molar-refractivity contribution in [3.8, 4) is 0 Å². The Kier molecular flexibility index (Phi) is 2.33. The van der Waals surface area contributed by atoms with Gasteiger partial charge in [-0.25, -0.2) is 4.39 Å². The van der Waals surface area contributed by atoms with Gasteiger partial charge in [-0.15, -0.1) is 0 Å². The molecule has 2 nitrogen and oxygen atoms in total. The first-order valence-corrected chi connectivity index (χ1v) is 5.60. The van der Waals surface area contributed by atoms with Gasteiger partial charge in [-0.1, -0.05) is 6.08 Å². The van der Waals surface area contributed by atoms with Crippen molar-refractivity contribution in [3.63, 3.8) is 0 Å². The maximum absolute atomic E-state index is 13.6. The Balaban J connectivity index is 1.86. The summed E-state index contributed by atoms with van der Waals surface area (Å²) in [5, 5.41) is 0. The molecule has 16 heavy (non-hydrogen) atoms. The first-order valence-electron chi connectivity index (χ1n) is 5.60. The number of nitrogens with zero attached hydrogens (tertiary/aromatic N) is 2. The zero-order valence-corrected chi connectivity index (χ0v) is 8.99. The van der Waals surface area contributed by atoms with E-state index in [1.807, 2.05) is 0 Å². The summed E-state index contributed by atoms with van der Waals surface area (Å²) in [5.41, 5.74) is 2.32. The lowest BCUT2D eigenvalue weighted by Crippen LogP contribution is -2.37. The number of hydrogen-bond acceptors (Lipinski definition) is 2. The first kappa shape index (κ1) is 9.73. The van der Waals surface area contributed by atoms with Crippen LogP contribution in [0.4, 0.5) is 4.39 Å². The van der Waals surface area contributed by atoms with Crippen LogP contribution in [0.3, 0.4) is 0 Å². The van der Waals surface area contributed by atoms with Crippen LogP contribution >= 0.6 is 0 Å². The van der Waals surface area contributed by atoms with Crippen LogP contribution in [-0.2, 0) is 0 Å². The summed E-state index contributed by atoms with van der Waals surface area (Å²) in [6.45, 7) is 3.21. The second kappa shape index (κ2) is 3.83. The molecule has 2 heterocycles. The Morgan fingerprint density at radius 2 is 2.31 bits per heavy atom. The number of likely N-dealkylation sites (tertiary alicyclic amines) is 1. The van der Waals surface area contributed by atoms with Crippen molar-refractivity contribution >= 4 is 11.4 Å². The Hall–Kier alpha value is -1.48. The molecule has 0 amide bonds. The Morgan fingerprint density at radius 1 is 1.44 bits per heavy atom. The van der Waals surface area contributed by atoms with Gasteiger partial charge in [0.05, 0.1) is 5.69 Å². The lowest BCUT2D eigenvalue weighted by Gasteiger charge is -2.29. The van der Waals surface area contributed by atoms with E-state index in [1.165, 1.54) is 6.42 Å². The average molecular weight is 216 g/mol. The van der Waals surface area contributed by atoms with E-state index in [4.69, 9.17) is 0 Å². The molecule has 0 spiro atoms. The second-order valence-electron chi connectivity index (χ2n) is 4.21. The SMILES string of the molecule is FC1=C/C(=C\CN2CCC2)c2ncccc21. The van der Waals surface area contributed by atoms with Crippen molar-refractivity contribution in [2.45, 2.75) is 6.42 Å². The monoisotopic (exact) mass is 216 g/mol. The van der Waals surface area contributed by atoms with E-state index >= 15 is 0 Å². The molecule has 0 N–H and O–H groups in total. The highest BCUT2D eigenvalue weighted by Crippen LogP contribution is 2.34. The van der Waals surface area contributed by atoms with Crippen LogP contribution in [0, 0.1) is 0 Å². The van der Waals surface area contributed by atoms with Crippen molar-refractivity contribution in [2.75, 3.05) is 19.6 Å². The number of fused-ring (bicyclic) bond motifs is 1. The van der Waals surface area contributed by atoms with Gasteiger partial charge in [0.2, 0.25) is 0 Å². The topological polar surface area (TPSA) is 16.1 Å². The van der Waals surface area contributed by atoms with Gasteiger partial charge in [0.1, 0.15) is 5.83 Å². The summed E-state index contributed by atoms with van der Waals surface area (Å²) in [4.78, 5) is 6.57. The highest BCUT2D eigenvalue weighted by molar-refractivity contribution is 5.91. The largest absolute Gasteiger partial charge is 0.300 e. The molecule has 2 aliphatic rings. The molecule has 1 fully saturated rings. The molecule has 82 valence electrons. The number of pyridine rings is 1. The van der Waals surface area contributed by atoms with Gasteiger partial charge in [0, 0.05) is 23.9 Å². The molecule has 3 rings (SSSR count). The highest BCUT2D eigenvalue weighted by Gasteiger charge is 2.19. The van der Waals surface area contributed by atoms with E-state index in [-0.39, 0.29) is 5.83 Å². The zero-order valence-electron chi connectivity index (χ0n) is 8.99. The lowest BCUT2D eigenvalue weighted by atomic mass is 10.1. The molecule has 1 aliphatic heterocycles. The predicted molar refractivity (Wildman–Crippen MR) is 62.4 cm³/mol. The van der Waals surface area contributed by atoms with E-state index in [1.54, 1.807) is 24.4 Å². The van der Waals surface area contributed by atoms with Crippen LogP contribution in [0.15, 0.2) is 30.5 Å². The van der Waals surface area contributed by atoms with E-state index in [0.717, 1.165) is 30.9 Å². The number of aromatic nitrogens is 1. The molecule has 1 aliphatic carbocycles. The predicted octanol–water partition coefficient (Wildman–Crippen LogP) is 2.49. The van der Waals surface area contributed by atoms with E-state index < -0.39 is 0 Å². The van der Waals surface area contributed by atoms with Gasteiger partial charge in [0.25, 0.3) is 0 Å². The van der Waals surface area contributed by atoms with Crippen LogP contribution in [-0.4, -0.2) is 29.5 Å². The number of halogens is 1. The minimum Gasteiger partial charge on any atom is -0.300 e. The summed E-state index contributed by atoms with van der Waals surface area (Å²) >= 11 is 0. The smallest absolute Gasteiger partial charge is 0.133 e. The molecule has 0 radical (unpaired) electrons. The molecule has 0 bridgehead atoms. The normalized spacial score (nSPS) is 21.8. The molecule has 0 atom stereocenters.